The molecule has 5 nitrogen and oxygen atoms in total. The van der Waals surface area contributed by atoms with E-state index in [2.05, 4.69) is 16.7 Å². The maximum absolute atomic E-state index is 12.4. The summed E-state index contributed by atoms with van der Waals surface area (Å²) in [5, 5.41) is 5.99. The van der Waals surface area contributed by atoms with Gasteiger partial charge in [0, 0.05) is 11.3 Å². The Bertz CT molecular complexity index is 915. The number of hydrogen-bond acceptors (Lipinski definition) is 3. The molecule has 1 heterocycles. The zero-order valence-electron chi connectivity index (χ0n) is 14.2. The van der Waals surface area contributed by atoms with Gasteiger partial charge in [-0.3, -0.25) is 9.59 Å². The molecule has 2 aliphatic rings. The Morgan fingerprint density at radius 1 is 1.16 bits per heavy atom. The van der Waals surface area contributed by atoms with Crippen molar-refractivity contribution in [2.75, 3.05) is 26.0 Å². The number of rotatable bonds is 3. The lowest BCUT2D eigenvalue weighted by Gasteiger charge is -2.26. The van der Waals surface area contributed by atoms with E-state index in [9.17, 15) is 9.59 Å². The molecule has 1 unspecified atom stereocenters. The van der Waals surface area contributed by atoms with Gasteiger partial charge in [-0.05, 0) is 60.6 Å². The first-order valence-corrected chi connectivity index (χ1v) is 8.23. The van der Waals surface area contributed by atoms with Gasteiger partial charge in [-0.1, -0.05) is 24.3 Å². The van der Waals surface area contributed by atoms with Gasteiger partial charge in [0.15, 0.2) is 0 Å². The molecule has 5 heteroatoms. The van der Waals surface area contributed by atoms with E-state index >= 15 is 0 Å². The van der Waals surface area contributed by atoms with Crippen molar-refractivity contribution in [3.8, 4) is 0 Å². The number of anilines is 1. The number of nitrogens with one attached hydrogen (secondary N) is 2. The van der Waals surface area contributed by atoms with E-state index in [1.165, 1.54) is 0 Å². The number of likely N-dealkylation sites (N-methyl/N-ethyl adjacent to an activating group) is 1. The minimum Gasteiger partial charge on any atom is -0.341 e. The molecule has 2 aromatic rings. The van der Waals surface area contributed by atoms with E-state index in [4.69, 9.17) is 0 Å². The molecule has 2 aromatic carbocycles. The van der Waals surface area contributed by atoms with Crippen LogP contribution in [0, 0.1) is 0 Å². The van der Waals surface area contributed by atoms with Crippen molar-refractivity contribution in [1.82, 2.24) is 10.2 Å². The lowest BCUT2D eigenvalue weighted by molar-refractivity contribution is -0.116. The Balaban J connectivity index is 1.67. The Morgan fingerprint density at radius 2 is 1.92 bits per heavy atom. The summed E-state index contributed by atoms with van der Waals surface area (Å²) in [4.78, 5) is 26.1. The summed E-state index contributed by atoms with van der Waals surface area (Å²) < 4.78 is 0. The normalized spacial score (nSPS) is 17.3. The number of fused-ring (bicyclic) bond motifs is 5. The van der Waals surface area contributed by atoms with Crippen LogP contribution in [0.1, 0.15) is 33.1 Å². The highest BCUT2D eigenvalue weighted by Gasteiger charge is 2.34. The van der Waals surface area contributed by atoms with Gasteiger partial charge in [0.1, 0.15) is 0 Å². The van der Waals surface area contributed by atoms with Crippen LogP contribution in [0.4, 0.5) is 5.69 Å². The van der Waals surface area contributed by atoms with Crippen molar-refractivity contribution < 1.29 is 9.59 Å². The van der Waals surface area contributed by atoms with E-state index in [0.29, 0.717) is 12.1 Å². The number of nitrogens with zero attached hydrogens (tertiary/aromatic N) is 1. The summed E-state index contributed by atoms with van der Waals surface area (Å²) in [5.74, 6) is -0.0966. The molecule has 25 heavy (non-hydrogen) atoms. The van der Waals surface area contributed by atoms with Crippen LogP contribution >= 0.6 is 0 Å². The van der Waals surface area contributed by atoms with Gasteiger partial charge in [-0.15, -0.1) is 0 Å². The van der Waals surface area contributed by atoms with Crippen molar-refractivity contribution in [3.05, 3.63) is 64.7 Å². The summed E-state index contributed by atoms with van der Waals surface area (Å²) in [7, 11) is 3.72. The summed E-state index contributed by atoms with van der Waals surface area (Å²) >= 11 is 0. The third-order valence-electron chi connectivity index (χ3n) is 4.52. The average molecular weight is 333 g/mol. The smallest absolute Gasteiger partial charge is 0.252 e. The largest absolute Gasteiger partial charge is 0.341 e. The molecule has 1 atom stereocenters. The third-order valence-corrected chi connectivity index (χ3v) is 4.52. The van der Waals surface area contributed by atoms with Gasteiger partial charge in [-0.2, -0.15) is 0 Å². The number of hydrogen-bond donors (Lipinski definition) is 2. The minimum absolute atomic E-state index is 0.0473. The number of amides is 2. The van der Waals surface area contributed by atoms with Gasteiger partial charge in [0.2, 0.25) is 5.91 Å². The summed E-state index contributed by atoms with van der Waals surface area (Å²) in [6.45, 7) is 0.338. The maximum Gasteiger partial charge on any atom is 0.252 e. The fraction of sp³-hybridized carbons (Fsp3) is 0.200. The molecule has 0 fully saturated rings. The van der Waals surface area contributed by atoms with Crippen LogP contribution in [0.5, 0.6) is 0 Å². The Hall–Kier alpha value is -2.92. The molecule has 126 valence electrons. The standard InChI is InChI=1S/C20H19N3O2/c1-23(2)11-18(24)21-13-7-8-14-12(9-13)10-17-15-5-3-4-6-16(15)20(25)22-19(14)17/h3-10,19H,11H2,1-2H3,(H,21,24)(H,22,25). The SMILES string of the molecule is CN(C)CC(=O)Nc1ccc2c(c1)C=C1c3ccccc3C(=O)NC12. The second-order valence-electron chi connectivity index (χ2n) is 6.68. The van der Waals surface area contributed by atoms with Crippen LogP contribution in [0.2, 0.25) is 0 Å². The van der Waals surface area contributed by atoms with Crippen LogP contribution in [-0.4, -0.2) is 37.4 Å². The van der Waals surface area contributed by atoms with Crippen LogP contribution in [0.25, 0.3) is 11.6 Å². The highest BCUT2D eigenvalue weighted by Crippen LogP contribution is 2.44. The monoisotopic (exact) mass is 333 g/mol. The first kappa shape index (κ1) is 15.6. The van der Waals surface area contributed by atoms with E-state index in [1.807, 2.05) is 61.5 Å². The molecular formula is C20H19N3O2. The lowest BCUT2D eigenvalue weighted by Crippen LogP contribution is -2.33. The highest BCUT2D eigenvalue weighted by molar-refractivity contribution is 6.08. The van der Waals surface area contributed by atoms with Crippen molar-refractivity contribution in [1.29, 1.82) is 0 Å². The molecule has 0 aromatic heterocycles. The minimum atomic E-state index is -0.121. The zero-order chi connectivity index (χ0) is 17.6. The van der Waals surface area contributed by atoms with Crippen molar-refractivity contribution in [2.24, 2.45) is 0 Å². The average Bonchev–Trinajstić information content (AvgIpc) is 2.92. The summed E-state index contributed by atoms with van der Waals surface area (Å²) in [6.07, 6.45) is 2.10. The maximum atomic E-state index is 12.4. The molecule has 4 rings (SSSR count). The zero-order valence-corrected chi connectivity index (χ0v) is 14.2. The molecule has 0 saturated carbocycles. The first-order valence-electron chi connectivity index (χ1n) is 8.23. The second-order valence-corrected chi connectivity index (χ2v) is 6.68. The molecule has 0 saturated heterocycles. The van der Waals surface area contributed by atoms with Gasteiger partial charge in [0.25, 0.3) is 5.91 Å². The quantitative estimate of drug-likeness (QED) is 0.907. The van der Waals surface area contributed by atoms with Crippen molar-refractivity contribution >= 4 is 29.2 Å². The van der Waals surface area contributed by atoms with Gasteiger partial charge >= 0.3 is 0 Å². The lowest BCUT2D eigenvalue weighted by atomic mass is 9.90. The van der Waals surface area contributed by atoms with Crippen LogP contribution in [0.15, 0.2) is 42.5 Å². The predicted molar refractivity (Wildman–Crippen MR) is 98.1 cm³/mol. The topological polar surface area (TPSA) is 61.4 Å². The second kappa shape index (κ2) is 5.86. The molecular weight excluding hydrogens is 314 g/mol. The van der Waals surface area contributed by atoms with Crippen molar-refractivity contribution in [3.63, 3.8) is 0 Å². The Morgan fingerprint density at radius 3 is 2.68 bits per heavy atom. The van der Waals surface area contributed by atoms with Gasteiger partial charge in [0.05, 0.1) is 12.6 Å². The fourth-order valence-corrected chi connectivity index (χ4v) is 3.48. The summed E-state index contributed by atoms with van der Waals surface area (Å²) in [5.41, 5.74) is 5.63. The Kier molecular flexibility index (Phi) is 3.66. The third kappa shape index (κ3) is 2.72. The van der Waals surface area contributed by atoms with Crippen molar-refractivity contribution in [2.45, 2.75) is 6.04 Å². The fourth-order valence-electron chi connectivity index (χ4n) is 3.48. The molecule has 0 spiro atoms. The molecule has 0 radical (unpaired) electrons. The van der Waals surface area contributed by atoms with Crippen LogP contribution < -0.4 is 10.6 Å². The van der Waals surface area contributed by atoms with Crippen LogP contribution in [0.3, 0.4) is 0 Å². The molecule has 0 bridgehead atoms. The molecule has 2 amide bonds. The Labute approximate surface area is 146 Å². The van der Waals surface area contributed by atoms with Gasteiger partial charge in [-0.25, -0.2) is 0 Å². The van der Waals surface area contributed by atoms with Crippen LogP contribution in [-0.2, 0) is 4.79 Å². The number of carbonyl (C=O) groups excluding carboxylic acids is 2. The van der Waals surface area contributed by atoms with E-state index in [-0.39, 0.29) is 17.9 Å². The van der Waals surface area contributed by atoms with E-state index in [0.717, 1.165) is 28.0 Å². The van der Waals surface area contributed by atoms with E-state index in [1.54, 1.807) is 0 Å². The first-order chi connectivity index (χ1) is 12.0. The predicted octanol–water partition coefficient (Wildman–Crippen LogP) is 2.53. The van der Waals surface area contributed by atoms with E-state index < -0.39 is 0 Å². The molecule has 1 aliphatic carbocycles. The molecule has 2 N–H and O–H groups in total. The number of carbonyl (C=O) groups is 2. The summed E-state index contributed by atoms with van der Waals surface area (Å²) in [6, 6.07) is 13.4. The number of benzene rings is 2. The highest BCUT2D eigenvalue weighted by atomic mass is 16.2. The van der Waals surface area contributed by atoms with Gasteiger partial charge < -0.3 is 15.5 Å². The molecule has 1 aliphatic heterocycles.